The Morgan fingerprint density at radius 2 is 2.10 bits per heavy atom. The van der Waals surface area contributed by atoms with E-state index in [2.05, 4.69) is 31.3 Å². The number of hydrogen-bond donors (Lipinski definition) is 0. The second kappa shape index (κ2) is 5.58. The van der Waals surface area contributed by atoms with E-state index in [1.807, 2.05) is 6.92 Å². The molecule has 114 valence electrons. The molecule has 2 rings (SSSR count). The van der Waals surface area contributed by atoms with E-state index in [1.165, 1.54) is 4.68 Å². The van der Waals surface area contributed by atoms with Gasteiger partial charge in [-0.1, -0.05) is 5.21 Å². The minimum absolute atomic E-state index is 0.160. The van der Waals surface area contributed by atoms with Crippen molar-refractivity contribution in [2.24, 2.45) is 0 Å². The van der Waals surface area contributed by atoms with Crippen LogP contribution >= 0.6 is 15.9 Å². The van der Waals surface area contributed by atoms with Crippen molar-refractivity contribution >= 4 is 21.7 Å². The molecule has 0 aliphatic heterocycles. The first kappa shape index (κ1) is 15.7. The summed E-state index contributed by atoms with van der Waals surface area (Å²) in [6, 6.07) is 0. The van der Waals surface area contributed by atoms with Crippen LogP contribution in [0.25, 0.3) is 0 Å². The SMILES string of the molecule is CCn1nc(C)c(Br)c1Cn1cc(C(=O)C(F)(F)F)nn1. The summed E-state index contributed by atoms with van der Waals surface area (Å²) in [6.07, 6.45) is -3.98. The molecule has 0 aliphatic carbocycles. The van der Waals surface area contributed by atoms with E-state index in [4.69, 9.17) is 0 Å². The van der Waals surface area contributed by atoms with Crippen LogP contribution in [0.2, 0.25) is 0 Å². The predicted molar refractivity (Wildman–Crippen MR) is 69.8 cm³/mol. The fourth-order valence-electron chi connectivity index (χ4n) is 1.80. The third-order valence-electron chi connectivity index (χ3n) is 2.79. The minimum atomic E-state index is -4.96. The van der Waals surface area contributed by atoms with Gasteiger partial charge in [-0.15, -0.1) is 5.10 Å². The van der Waals surface area contributed by atoms with E-state index in [0.717, 1.165) is 22.1 Å². The number of halogens is 4. The highest BCUT2D eigenvalue weighted by atomic mass is 79.9. The lowest BCUT2D eigenvalue weighted by Crippen LogP contribution is -2.23. The Labute approximate surface area is 126 Å². The van der Waals surface area contributed by atoms with Crippen molar-refractivity contribution in [1.29, 1.82) is 0 Å². The summed E-state index contributed by atoms with van der Waals surface area (Å²) in [4.78, 5) is 11.1. The lowest BCUT2D eigenvalue weighted by atomic mass is 10.3. The smallest absolute Gasteiger partial charge is 0.282 e. The zero-order valence-corrected chi connectivity index (χ0v) is 12.7. The second-order valence-electron chi connectivity index (χ2n) is 4.29. The van der Waals surface area contributed by atoms with Crippen molar-refractivity contribution in [2.75, 3.05) is 0 Å². The van der Waals surface area contributed by atoms with E-state index in [9.17, 15) is 18.0 Å². The first-order valence-electron chi connectivity index (χ1n) is 5.97. The molecule has 0 saturated carbocycles. The van der Waals surface area contributed by atoms with Gasteiger partial charge in [0.25, 0.3) is 5.78 Å². The number of Topliss-reactive ketones (excluding diaryl/α,β-unsaturated/α-hetero) is 1. The maximum atomic E-state index is 12.3. The summed E-state index contributed by atoms with van der Waals surface area (Å²) in [5, 5.41) is 11.1. The first-order valence-corrected chi connectivity index (χ1v) is 6.76. The summed E-state index contributed by atoms with van der Waals surface area (Å²) in [5.74, 6) is -2.01. The number of aromatic nitrogens is 5. The monoisotopic (exact) mass is 365 g/mol. The fourth-order valence-corrected chi connectivity index (χ4v) is 2.21. The molecule has 0 N–H and O–H groups in total. The molecule has 0 aromatic carbocycles. The highest BCUT2D eigenvalue weighted by Crippen LogP contribution is 2.23. The molecule has 2 aromatic heterocycles. The number of rotatable bonds is 4. The van der Waals surface area contributed by atoms with Crippen LogP contribution in [0.5, 0.6) is 0 Å². The van der Waals surface area contributed by atoms with Gasteiger partial charge in [0.05, 0.1) is 28.6 Å². The van der Waals surface area contributed by atoms with Gasteiger partial charge in [0.1, 0.15) is 0 Å². The van der Waals surface area contributed by atoms with E-state index in [-0.39, 0.29) is 6.54 Å². The lowest BCUT2D eigenvalue weighted by Gasteiger charge is -2.05. The molecule has 6 nitrogen and oxygen atoms in total. The predicted octanol–water partition coefficient (Wildman–Crippen LogP) is 2.36. The Morgan fingerprint density at radius 3 is 2.67 bits per heavy atom. The van der Waals surface area contributed by atoms with Crippen LogP contribution in [0.15, 0.2) is 10.7 Å². The number of carbonyl (C=O) groups excluding carboxylic acids is 1. The largest absolute Gasteiger partial charge is 0.456 e. The molecular formula is C11H11BrF3N5O. The summed E-state index contributed by atoms with van der Waals surface area (Å²) >= 11 is 3.38. The molecule has 0 radical (unpaired) electrons. The van der Waals surface area contributed by atoms with Gasteiger partial charge in [0.2, 0.25) is 0 Å². The lowest BCUT2D eigenvalue weighted by molar-refractivity contribution is -0.0888. The molecule has 0 fully saturated rings. The third-order valence-corrected chi connectivity index (χ3v) is 3.82. The number of ketones is 1. The Bertz CT molecular complexity index is 676. The summed E-state index contributed by atoms with van der Waals surface area (Å²) in [5.41, 5.74) is 0.780. The highest BCUT2D eigenvalue weighted by Gasteiger charge is 2.41. The molecular weight excluding hydrogens is 355 g/mol. The summed E-state index contributed by atoms with van der Waals surface area (Å²) in [6.45, 7) is 4.46. The Kier molecular flexibility index (Phi) is 4.17. The van der Waals surface area contributed by atoms with Crippen LogP contribution in [0.3, 0.4) is 0 Å². The van der Waals surface area contributed by atoms with Gasteiger partial charge in [0, 0.05) is 6.54 Å². The van der Waals surface area contributed by atoms with Crippen molar-refractivity contribution in [3.8, 4) is 0 Å². The van der Waals surface area contributed by atoms with Crippen LogP contribution in [0.1, 0.15) is 28.8 Å². The minimum Gasteiger partial charge on any atom is -0.282 e. The van der Waals surface area contributed by atoms with Gasteiger partial charge in [-0.25, -0.2) is 4.68 Å². The Balaban J connectivity index is 2.26. The van der Waals surface area contributed by atoms with Gasteiger partial charge in [-0.3, -0.25) is 9.48 Å². The number of nitrogens with zero attached hydrogens (tertiary/aromatic N) is 5. The highest BCUT2D eigenvalue weighted by molar-refractivity contribution is 9.10. The Morgan fingerprint density at radius 1 is 1.43 bits per heavy atom. The standard InChI is InChI=1S/C11H11BrF3N5O/c1-3-20-8(9(12)6(2)17-20)5-19-4-7(16-18-19)10(21)11(13,14)15/h4H,3,5H2,1-2H3. The normalized spacial score (nSPS) is 11.9. The van der Waals surface area contributed by atoms with Crippen molar-refractivity contribution in [1.82, 2.24) is 24.8 Å². The maximum absolute atomic E-state index is 12.3. The molecule has 0 saturated heterocycles. The Hall–Kier alpha value is -1.71. The number of hydrogen-bond acceptors (Lipinski definition) is 4. The van der Waals surface area contributed by atoms with Crippen LogP contribution in [0.4, 0.5) is 13.2 Å². The van der Waals surface area contributed by atoms with Crippen molar-refractivity contribution in [3.63, 3.8) is 0 Å². The number of alkyl halides is 3. The third kappa shape index (κ3) is 3.14. The van der Waals surface area contributed by atoms with E-state index in [1.54, 1.807) is 11.6 Å². The molecule has 21 heavy (non-hydrogen) atoms. The van der Waals surface area contributed by atoms with Crippen LogP contribution in [0, 0.1) is 6.92 Å². The van der Waals surface area contributed by atoms with Gasteiger partial charge < -0.3 is 0 Å². The zero-order chi connectivity index (χ0) is 15.8. The van der Waals surface area contributed by atoms with Gasteiger partial charge in [-0.2, -0.15) is 18.3 Å². The van der Waals surface area contributed by atoms with Crippen molar-refractivity contribution in [3.05, 3.63) is 27.8 Å². The van der Waals surface area contributed by atoms with E-state index in [0.29, 0.717) is 6.54 Å². The molecule has 10 heteroatoms. The topological polar surface area (TPSA) is 65.6 Å². The molecule has 0 spiro atoms. The summed E-state index contributed by atoms with van der Waals surface area (Å²) in [7, 11) is 0. The molecule has 0 bridgehead atoms. The van der Waals surface area contributed by atoms with Crippen LogP contribution in [-0.4, -0.2) is 36.7 Å². The molecule has 2 heterocycles. The number of aryl methyl sites for hydroxylation is 2. The number of carbonyl (C=O) groups is 1. The second-order valence-corrected chi connectivity index (χ2v) is 5.08. The summed E-state index contributed by atoms with van der Waals surface area (Å²) < 4.78 is 40.6. The molecule has 2 aromatic rings. The average Bonchev–Trinajstić information content (AvgIpc) is 2.97. The molecule has 0 atom stereocenters. The van der Waals surface area contributed by atoms with Crippen molar-refractivity contribution in [2.45, 2.75) is 33.1 Å². The van der Waals surface area contributed by atoms with E-state index >= 15 is 0 Å². The fraction of sp³-hybridized carbons (Fsp3) is 0.455. The molecule has 0 amide bonds. The molecule has 0 unspecified atom stereocenters. The van der Waals surface area contributed by atoms with E-state index < -0.39 is 17.7 Å². The molecule has 0 aliphatic rings. The van der Waals surface area contributed by atoms with Gasteiger partial charge >= 0.3 is 6.18 Å². The van der Waals surface area contributed by atoms with Crippen LogP contribution < -0.4 is 0 Å². The zero-order valence-electron chi connectivity index (χ0n) is 11.1. The first-order chi connectivity index (χ1) is 9.74. The quantitative estimate of drug-likeness (QED) is 0.780. The average molecular weight is 366 g/mol. The van der Waals surface area contributed by atoms with Gasteiger partial charge in [-0.05, 0) is 29.8 Å². The van der Waals surface area contributed by atoms with Crippen LogP contribution in [-0.2, 0) is 13.1 Å². The van der Waals surface area contributed by atoms with Gasteiger partial charge in [0.15, 0.2) is 5.69 Å². The van der Waals surface area contributed by atoms with Crippen molar-refractivity contribution < 1.29 is 18.0 Å². The maximum Gasteiger partial charge on any atom is 0.456 e.